The van der Waals surface area contributed by atoms with Gasteiger partial charge >= 0.3 is 11.8 Å². The lowest BCUT2D eigenvalue weighted by Crippen LogP contribution is -2.48. The predicted octanol–water partition coefficient (Wildman–Crippen LogP) is 1.36. The van der Waals surface area contributed by atoms with E-state index in [1.807, 2.05) is 55.4 Å². The predicted molar refractivity (Wildman–Crippen MR) is 110 cm³/mol. The topological polar surface area (TPSA) is 86.8 Å². The van der Waals surface area contributed by atoms with E-state index in [4.69, 9.17) is 0 Å². The molecule has 0 aromatic heterocycles. The third-order valence-electron chi connectivity index (χ3n) is 4.93. The van der Waals surface area contributed by atoms with Gasteiger partial charge in [0.2, 0.25) is 0 Å². The SMILES string of the molecule is CN(C)CCN(C(=O)C(=O)Nc1cccc2ccccc12)C1CCS(=O)(=O)C1. The lowest BCUT2D eigenvalue weighted by atomic mass is 10.1. The van der Waals surface area contributed by atoms with E-state index < -0.39 is 27.7 Å². The van der Waals surface area contributed by atoms with Gasteiger partial charge in [0.1, 0.15) is 0 Å². The van der Waals surface area contributed by atoms with Crippen LogP contribution in [0.4, 0.5) is 5.69 Å². The van der Waals surface area contributed by atoms with Gasteiger partial charge in [0.05, 0.1) is 11.5 Å². The molecular formula is C20H25N3O4S. The molecule has 28 heavy (non-hydrogen) atoms. The highest BCUT2D eigenvalue weighted by Gasteiger charge is 2.36. The van der Waals surface area contributed by atoms with E-state index in [-0.39, 0.29) is 11.5 Å². The fourth-order valence-electron chi connectivity index (χ4n) is 3.42. The fourth-order valence-corrected chi connectivity index (χ4v) is 5.15. The van der Waals surface area contributed by atoms with Gasteiger partial charge in [-0.15, -0.1) is 0 Å². The Labute approximate surface area is 165 Å². The van der Waals surface area contributed by atoms with E-state index in [0.29, 0.717) is 25.2 Å². The van der Waals surface area contributed by atoms with Gasteiger partial charge < -0.3 is 15.1 Å². The third-order valence-corrected chi connectivity index (χ3v) is 6.68. The van der Waals surface area contributed by atoms with Crippen molar-refractivity contribution in [3.8, 4) is 0 Å². The maximum absolute atomic E-state index is 12.9. The first-order valence-corrected chi connectivity index (χ1v) is 11.0. The molecule has 2 amide bonds. The van der Waals surface area contributed by atoms with Crippen molar-refractivity contribution in [2.75, 3.05) is 44.0 Å². The normalized spacial score (nSPS) is 18.3. The Bertz CT molecular complexity index is 983. The molecule has 1 fully saturated rings. The molecule has 1 atom stereocenters. The number of nitrogens with one attached hydrogen (secondary N) is 1. The van der Waals surface area contributed by atoms with Gasteiger partial charge in [-0.3, -0.25) is 9.59 Å². The lowest BCUT2D eigenvalue weighted by Gasteiger charge is -2.29. The Morgan fingerprint density at radius 3 is 2.46 bits per heavy atom. The van der Waals surface area contributed by atoms with E-state index in [1.54, 1.807) is 6.07 Å². The molecular weight excluding hydrogens is 378 g/mol. The first-order valence-electron chi connectivity index (χ1n) is 9.22. The van der Waals surface area contributed by atoms with Crippen LogP contribution in [0.5, 0.6) is 0 Å². The van der Waals surface area contributed by atoms with Gasteiger partial charge in [-0.05, 0) is 32.0 Å². The number of carbonyl (C=O) groups is 2. The van der Waals surface area contributed by atoms with E-state index in [0.717, 1.165) is 10.8 Å². The highest BCUT2D eigenvalue weighted by Crippen LogP contribution is 2.23. The van der Waals surface area contributed by atoms with E-state index in [2.05, 4.69) is 5.32 Å². The summed E-state index contributed by atoms with van der Waals surface area (Å²) in [5, 5.41) is 4.50. The van der Waals surface area contributed by atoms with Crippen molar-refractivity contribution in [3.63, 3.8) is 0 Å². The molecule has 150 valence electrons. The Balaban J connectivity index is 1.80. The quantitative estimate of drug-likeness (QED) is 0.762. The number of hydrogen-bond donors (Lipinski definition) is 1. The summed E-state index contributed by atoms with van der Waals surface area (Å²) in [7, 11) is 0.565. The number of carbonyl (C=O) groups excluding carboxylic acids is 2. The minimum Gasteiger partial charge on any atom is -0.329 e. The van der Waals surface area contributed by atoms with E-state index >= 15 is 0 Å². The Morgan fingerprint density at radius 1 is 1.07 bits per heavy atom. The van der Waals surface area contributed by atoms with Crippen molar-refractivity contribution in [3.05, 3.63) is 42.5 Å². The number of nitrogens with zero attached hydrogens (tertiary/aromatic N) is 2. The summed E-state index contributed by atoms with van der Waals surface area (Å²) >= 11 is 0. The molecule has 2 aromatic carbocycles. The first-order chi connectivity index (χ1) is 13.3. The fraction of sp³-hybridized carbons (Fsp3) is 0.400. The molecule has 1 heterocycles. The summed E-state index contributed by atoms with van der Waals surface area (Å²) < 4.78 is 23.7. The zero-order valence-corrected chi connectivity index (χ0v) is 16.9. The molecule has 0 saturated carbocycles. The van der Waals surface area contributed by atoms with Crippen LogP contribution in [-0.4, -0.2) is 74.8 Å². The minimum atomic E-state index is -3.17. The van der Waals surface area contributed by atoms with Gasteiger partial charge in [-0.2, -0.15) is 0 Å². The van der Waals surface area contributed by atoms with E-state index in [9.17, 15) is 18.0 Å². The van der Waals surface area contributed by atoms with Crippen molar-refractivity contribution >= 4 is 38.1 Å². The number of fused-ring (bicyclic) bond motifs is 1. The molecule has 3 rings (SSSR count). The van der Waals surface area contributed by atoms with Gasteiger partial charge in [0.25, 0.3) is 0 Å². The second-order valence-electron chi connectivity index (χ2n) is 7.34. The lowest BCUT2D eigenvalue weighted by molar-refractivity contribution is -0.144. The maximum atomic E-state index is 12.9. The highest BCUT2D eigenvalue weighted by atomic mass is 32.2. The number of likely N-dealkylation sites (N-methyl/N-ethyl adjacent to an activating group) is 1. The number of amides is 2. The van der Waals surface area contributed by atoms with Crippen molar-refractivity contribution in [1.29, 1.82) is 0 Å². The minimum absolute atomic E-state index is 0.0500. The van der Waals surface area contributed by atoms with Crippen LogP contribution in [0.3, 0.4) is 0 Å². The zero-order chi connectivity index (χ0) is 20.3. The molecule has 1 aliphatic heterocycles. The molecule has 1 aliphatic rings. The average molecular weight is 404 g/mol. The highest BCUT2D eigenvalue weighted by molar-refractivity contribution is 7.91. The molecule has 8 heteroatoms. The number of hydrogen-bond acceptors (Lipinski definition) is 5. The summed E-state index contributed by atoms with van der Waals surface area (Å²) in [5.41, 5.74) is 0.558. The molecule has 1 unspecified atom stereocenters. The molecule has 2 aromatic rings. The maximum Gasteiger partial charge on any atom is 0.313 e. The first kappa shape index (κ1) is 20.3. The molecule has 7 nitrogen and oxygen atoms in total. The van der Waals surface area contributed by atoms with E-state index in [1.165, 1.54) is 4.90 Å². The van der Waals surface area contributed by atoms with Gasteiger partial charge in [0, 0.05) is 30.2 Å². The molecule has 0 radical (unpaired) electrons. The van der Waals surface area contributed by atoms with Crippen LogP contribution in [-0.2, 0) is 19.4 Å². The monoisotopic (exact) mass is 403 g/mol. The summed E-state index contributed by atoms with van der Waals surface area (Å²) in [6.45, 7) is 0.846. The van der Waals surface area contributed by atoms with Crippen LogP contribution in [0.25, 0.3) is 10.8 Å². The van der Waals surface area contributed by atoms with Crippen molar-refractivity contribution in [2.24, 2.45) is 0 Å². The molecule has 0 bridgehead atoms. The zero-order valence-electron chi connectivity index (χ0n) is 16.1. The van der Waals surface area contributed by atoms with Crippen LogP contribution < -0.4 is 5.32 Å². The third kappa shape index (κ3) is 4.69. The summed E-state index contributed by atoms with van der Waals surface area (Å²) in [5.74, 6) is -1.49. The van der Waals surface area contributed by atoms with Gasteiger partial charge in [-0.25, -0.2) is 8.42 Å². The van der Waals surface area contributed by atoms with Crippen molar-refractivity contribution < 1.29 is 18.0 Å². The summed E-state index contributed by atoms with van der Waals surface area (Å²) in [6, 6.07) is 12.6. The van der Waals surface area contributed by atoms with Gasteiger partial charge in [-0.1, -0.05) is 36.4 Å². The van der Waals surface area contributed by atoms with Crippen LogP contribution >= 0.6 is 0 Å². The Hall–Kier alpha value is -2.45. The standard InChI is InChI=1S/C20H25N3O4S/c1-22(2)11-12-23(16-10-13-28(26,27)14-16)20(25)19(24)21-18-9-5-7-15-6-3-4-8-17(15)18/h3-9,16H,10-14H2,1-2H3,(H,21,24). The molecule has 0 spiro atoms. The molecule has 1 saturated heterocycles. The summed E-state index contributed by atoms with van der Waals surface area (Å²) in [4.78, 5) is 28.9. The largest absolute Gasteiger partial charge is 0.329 e. The van der Waals surface area contributed by atoms with Crippen molar-refractivity contribution in [1.82, 2.24) is 9.80 Å². The number of sulfone groups is 1. The number of rotatable bonds is 5. The van der Waals surface area contributed by atoms with Crippen LogP contribution in [0, 0.1) is 0 Å². The van der Waals surface area contributed by atoms with Gasteiger partial charge in [0.15, 0.2) is 9.84 Å². The Kier molecular flexibility index (Phi) is 6.00. The average Bonchev–Trinajstić information content (AvgIpc) is 3.01. The van der Waals surface area contributed by atoms with Crippen LogP contribution in [0.15, 0.2) is 42.5 Å². The second-order valence-corrected chi connectivity index (χ2v) is 9.57. The Morgan fingerprint density at radius 2 is 1.79 bits per heavy atom. The van der Waals surface area contributed by atoms with Crippen LogP contribution in [0.1, 0.15) is 6.42 Å². The molecule has 1 N–H and O–H groups in total. The second kappa shape index (κ2) is 8.28. The smallest absolute Gasteiger partial charge is 0.313 e. The van der Waals surface area contributed by atoms with Crippen molar-refractivity contribution in [2.45, 2.75) is 12.5 Å². The number of anilines is 1. The van der Waals surface area contributed by atoms with Crippen LogP contribution in [0.2, 0.25) is 0 Å². The summed E-state index contributed by atoms with van der Waals surface area (Å²) in [6.07, 6.45) is 0.364. The molecule has 0 aliphatic carbocycles. The number of benzene rings is 2.